The Balaban J connectivity index is 1.35. The smallest absolute Gasteiger partial charge is 0.278 e. The van der Waals surface area contributed by atoms with Gasteiger partial charge in [-0.2, -0.15) is 0 Å². The van der Waals surface area contributed by atoms with Gasteiger partial charge in [-0.1, -0.05) is 31.2 Å². The molecule has 1 saturated heterocycles. The van der Waals surface area contributed by atoms with Crippen LogP contribution in [0.25, 0.3) is 0 Å². The van der Waals surface area contributed by atoms with Crippen molar-refractivity contribution in [1.82, 2.24) is 14.5 Å². The van der Waals surface area contributed by atoms with E-state index >= 15 is 4.39 Å². The van der Waals surface area contributed by atoms with Gasteiger partial charge in [0.05, 0.1) is 6.04 Å². The molecule has 0 bridgehead atoms. The molecule has 1 atom stereocenters. The topological polar surface area (TPSA) is 86.1 Å². The second kappa shape index (κ2) is 9.37. The number of pyridine rings is 1. The fourth-order valence-electron chi connectivity index (χ4n) is 7.21. The molecular weight excluding hydrogens is 543 g/mol. The number of aromatic nitrogens is 1. The summed E-state index contributed by atoms with van der Waals surface area (Å²) in [6.07, 6.45) is 3.62. The minimum atomic E-state index is -0.611. The zero-order valence-corrected chi connectivity index (χ0v) is 23.8. The Kier molecular flexibility index (Phi) is 5.97. The van der Waals surface area contributed by atoms with Crippen LogP contribution in [0, 0.1) is 11.2 Å². The van der Waals surface area contributed by atoms with E-state index in [4.69, 9.17) is 0 Å². The van der Waals surface area contributed by atoms with Crippen molar-refractivity contribution in [3.05, 3.63) is 92.6 Å². The average molecular weight is 575 g/mol. The summed E-state index contributed by atoms with van der Waals surface area (Å²) in [5, 5.41) is 13.0. The van der Waals surface area contributed by atoms with Gasteiger partial charge in [0.15, 0.2) is 11.4 Å². The molecule has 8 nitrogen and oxygen atoms in total. The number of amides is 2. The Morgan fingerprint density at radius 2 is 1.85 bits per heavy atom. The molecule has 1 spiro atoms. The zero-order chi connectivity index (χ0) is 28.6. The van der Waals surface area contributed by atoms with E-state index in [0.29, 0.717) is 30.8 Å². The molecule has 1 aliphatic carbocycles. The summed E-state index contributed by atoms with van der Waals surface area (Å²) in [7, 11) is 0. The number of aromatic hydroxyl groups is 1. The zero-order valence-electron chi connectivity index (χ0n) is 23.0. The third kappa shape index (κ3) is 3.90. The highest BCUT2D eigenvalue weighted by atomic mass is 32.2. The first-order valence-electron chi connectivity index (χ1n) is 14.0. The van der Waals surface area contributed by atoms with Gasteiger partial charge < -0.3 is 14.9 Å². The SMILES string of the molecule is CCc1c(F)ccc2c1CSc1ccccc1[C@H]2N1CN(C2CC3(C2)CN(C(C)=O)C3)C(=O)c2c(O)c(=O)ccn21. The van der Waals surface area contributed by atoms with Crippen LogP contribution in [0.5, 0.6) is 5.75 Å². The maximum absolute atomic E-state index is 15.0. The predicted molar refractivity (Wildman–Crippen MR) is 153 cm³/mol. The monoisotopic (exact) mass is 574 g/mol. The van der Waals surface area contributed by atoms with Crippen molar-refractivity contribution < 1.29 is 19.1 Å². The molecule has 4 heterocycles. The molecule has 3 aliphatic heterocycles. The first-order chi connectivity index (χ1) is 19.7. The van der Waals surface area contributed by atoms with Crippen LogP contribution in [0.2, 0.25) is 0 Å². The summed E-state index contributed by atoms with van der Waals surface area (Å²) in [5.74, 6) is -0.515. The fraction of sp³-hybridized carbons (Fsp3) is 0.387. The van der Waals surface area contributed by atoms with Crippen LogP contribution in [0.3, 0.4) is 0 Å². The van der Waals surface area contributed by atoms with Crippen molar-refractivity contribution in [1.29, 1.82) is 0 Å². The predicted octanol–water partition coefficient (Wildman–Crippen LogP) is 4.01. The van der Waals surface area contributed by atoms with Gasteiger partial charge >= 0.3 is 0 Å². The number of hydrogen-bond acceptors (Lipinski definition) is 6. The van der Waals surface area contributed by atoms with Crippen molar-refractivity contribution in [3.63, 3.8) is 0 Å². The molecule has 41 heavy (non-hydrogen) atoms. The third-order valence-electron chi connectivity index (χ3n) is 9.31. The molecule has 4 aliphatic rings. The summed E-state index contributed by atoms with van der Waals surface area (Å²) in [4.78, 5) is 42.9. The van der Waals surface area contributed by atoms with E-state index < -0.39 is 17.2 Å². The molecule has 0 unspecified atom stereocenters. The van der Waals surface area contributed by atoms with Gasteiger partial charge in [-0.25, -0.2) is 4.39 Å². The number of benzene rings is 2. The third-order valence-corrected chi connectivity index (χ3v) is 10.4. The van der Waals surface area contributed by atoms with E-state index in [9.17, 15) is 19.5 Å². The quantitative estimate of drug-likeness (QED) is 0.509. The lowest BCUT2D eigenvalue weighted by Gasteiger charge is -2.61. The number of nitrogens with zero attached hydrogens (tertiary/aromatic N) is 4. The van der Waals surface area contributed by atoms with E-state index in [1.165, 1.54) is 12.1 Å². The number of carbonyl (C=O) groups is 2. The number of hydrogen-bond donors (Lipinski definition) is 1. The molecule has 2 fully saturated rings. The molecule has 0 radical (unpaired) electrons. The molecule has 1 aromatic heterocycles. The lowest BCUT2D eigenvalue weighted by atomic mass is 9.60. The van der Waals surface area contributed by atoms with Crippen molar-refractivity contribution in [3.8, 4) is 5.75 Å². The maximum Gasteiger partial charge on any atom is 0.278 e. The van der Waals surface area contributed by atoms with Crippen LogP contribution >= 0.6 is 11.8 Å². The van der Waals surface area contributed by atoms with E-state index in [-0.39, 0.29) is 41.5 Å². The highest BCUT2D eigenvalue weighted by molar-refractivity contribution is 7.98. The van der Waals surface area contributed by atoms with E-state index in [2.05, 4.69) is 12.1 Å². The molecular formula is C31H31FN4O4S. The minimum absolute atomic E-state index is 0.0169. The first-order valence-corrected chi connectivity index (χ1v) is 15.0. The summed E-state index contributed by atoms with van der Waals surface area (Å²) >= 11 is 1.67. The van der Waals surface area contributed by atoms with Crippen molar-refractivity contribution in [2.45, 2.75) is 55.8 Å². The van der Waals surface area contributed by atoms with E-state index in [0.717, 1.165) is 34.4 Å². The Morgan fingerprint density at radius 1 is 1.10 bits per heavy atom. The van der Waals surface area contributed by atoms with Crippen molar-refractivity contribution >= 4 is 23.6 Å². The second-order valence-corrected chi connectivity index (χ2v) is 12.7. The van der Waals surface area contributed by atoms with Crippen LogP contribution in [-0.4, -0.2) is 57.2 Å². The van der Waals surface area contributed by atoms with Gasteiger partial charge in [0.1, 0.15) is 12.5 Å². The number of thioether (sulfide) groups is 1. The molecule has 1 saturated carbocycles. The van der Waals surface area contributed by atoms with Gasteiger partial charge in [-0.3, -0.25) is 24.1 Å². The molecule has 7 rings (SSSR count). The number of halogens is 1. The summed E-state index contributed by atoms with van der Waals surface area (Å²) < 4.78 is 16.6. The average Bonchev–Trinajstić information content (AvgIpc) is 3.07. The number of fused-ring (bicyclic) bond motifs is 3. The minimum Gasteiger partial charge on any atom is -0.502 e. The molecule has 212 valence electrons. The number of rotatable bonds is 3. The van der Waals surface area contributed by atoms with Crippen LogP contribution in [0.15, 0.2) is 58.4 Å². The van der Waals surface area contributed by atoms with Crippen LogP contribution < -0.4 is 10.4 Å². The van der Waals surface area contributed by atoms with Gasteiger partial charge in [0, 0.05) is 54.4 Å². The molecule has 2 amide bonds. The largest absolute Gasteiger partial charge is 0.502 e. The van der Waals surface area contributed by atoms with Crippen LogP contribution in [0.1, 0.15) is 65.5 Å². The van der Waals surface area contributed by atoms with Gasteiger partial charge in [-0.15, -0.1) is 11.8 Å². The lowest BCUT2D eigenvalue weighted by Crippen LogP contribution is -2.69. The van der Waals surface area contributed by atoms with E-state index in [1.807, 2.05) is 35.0 Å². The maximum atomic E-state index is 15.0. The summed E-state index contributed by atoms with van der Waals surface area (Å²) in [6, 6.07) is 12.2. The summed E-state index contributed by atoms with van der Waals surface area (Å²) in [6.45, 7) is 5.14. The molecule has 3 aromatic rings. The Labute approximate surface area is 241 Å². The lowest BCUT2D eigenvalue weighted by molar-refractivity contribution is -0.153. The fourth-order valence-corrected chi connectivity index (χ4v) is 8.38. The standard InChI is InChI=1S/C31H31FN4O4S/c1-3-20-23-14-41-26-7-5-4-6-22(26)27(21(23)8-9-24(20)32)36-17-34(19-12-31(13-19)15-33(16-31)18(2)37)30(40)28-29(39)25(38)10-11-35(28)36/h4-11,19,27,39H,3,12-17H2,1-2H3/t27-/m0/s1. The molecule has 10 heteroatoms. The Bertz CT molecular complexity index is 1660. The van der Waals surface area contributed by atoms with Gasteiger partial charge in [0.2, 0.25) is 11.3 Å². The summed E-state index contributed by atoms with van der Waals surface area (Å²) in [5.41, 5.74) is 2.93. The van der Waals surface area contributed by atoms with E-state index in [1.54, 1.807) is 34.5 Å². The molecule has 2 aromatic carbocycles. The molecule has 1 N–H and O–H groups in total. The van der Waals surface area contributed by atoms with Crippen LogP contribution in [-0.2, 0) is 17.0 Å². The van der Waals surface area contributed by atoms with Crippen molar-refractivity contribution in [2.24, 2.45) is 5.41 Å². The number of carbonyl (C=O) groups excluding carboxylic acids is 2. The van der Waals surface area contributed by atoms with Gasteiger partial charge in [-0.05, 0) is 53.6 Å². The second-order valence-electron chi connectivity index (χ2n) is 11.7. The normalized spacial score (nSPS) is 21.0. The number of likely N-dealkylation sites (tertiary alicyclic amines) is 1. The highest BCUT2D eigenvalue weighted by Gasteiger charge is 2.56. The first kappa shape index (κ1) is 26.1. The Morgan fingerprint density at radius 3 is 2.59 bits per heavy atom. The Hall–Kier alpha value is -3.79. The highest BCUT2D eigenvalue weighted by Crippen LogP contribution is 2.51. The van der Waals surface area contributed by atoms with Crippen LogP contribution in [0.4, 0.5) is 4.39 Å². The van der Waals surface area contributed by atoms with Gasteiger partial charge in [0.25, 0.3) is 5.91 Å². The van der Waals surface area contributed by atoms with Crippen molar-refractivity contribution in [2.75, 3.05) is 24.8 Å².